The van der Waals surface area contributed by atoms with Crippen molar-refractivity contribution in [2.24, 2.45) is 0 Å². The predicted octanol–water partition coefficient (Wildman–Crippen LogP) is 3.54. The zero-order chi connectivity index (χ0) is 23.2. The number of fused-ring (bicyclic) bond motifs is 1. The third kappa shape index (κ3) is 5.22. The van der Waals surface area contributed by atoms with Crippen molar-refractivity contribution in [1.82, 2.24) is 24.3 Å². The molecule has 8 heteroatoms. The maximum atomic E-state index is 8.90. The molecule has 1 saturated heterocycles. The van der Waals surface area contributed by atoms with Gasteiger partial charge >= 0.3 is 0 Å². The summed E-state index contributed by atoms with van der Waals surface area (Å²) in [6.45, 7) is 5.28. The first-order valence-electron chi connectivity index (χ1n) is 11.6. The first-order chi connectivity index (χ1) is 16.8. The molecule has 1 aliphatic heterocycles. The van der Waals surface area contributed by atoms with Crippen molar-refractivity contribution in [2.75, 3.05) is 38.2 Å². The molecular weight excluding hydrogens is 426 g/mol. The van der Waals surface area contributed by atoms with E-state index in [9.17, 15) is 0 Å². The van der Waals surface area contributed by atoms with Crippen LogP contribution in [0.2, 0.25) is 0 Å². The fourth-order valence-electron chi connectivity index (χ4n) is 4.10. The van der Waals surface area contributed by atoms with Gasteiger partial charge in [0.25, 0.3) is 0 Å². The second kappa shape index (κ2) is 10.4. The fourth-order valence-corrected chi connectivity index (χ4v) is 4.10. The molecule has 4 aromatic rings. The number of morpholine rings is 1. The van der Waals surface area contributed by atoms with Crippen LogP contribution in [0.15, 0.2) is 61.1 Å². The number of hydrogen-bond acceptors (Lipinski definition) is 7. The SMILES string of the molecule is N#Cc1ccc(CCCNc2nc(-c3ccc(CN4CCOCC4)cc3)cc3nccn23)nc1. The minimum absolute atomic E-state index is 0.583. The number of anilines is 1. The zero-order valence-electron chi connectivity index (χ0n) is 19.0. The fraction of sp³-hybridized carbons (Fsp3) is 0.308. The Morgan fingerprint density at radius 2 is 1.91 bits per heavy atom. The number of imidazole rings is 1. The molecule has 1 N–H and O–H groups in total. The van der Waals surface area contributed by atoms with E-state index in [4.69, 9.17) is 15.0 Å². The van der Waals surface area contributed by atoms with E-state index in [-0.39, 0.29) is 0 Å². The summed E-state index contributed by atoms with van der Waals surface area (Å²) in [5.41, 5.74) is 5.68. The van der Waals surface area contributed by atoms with Crippen LogP contribution in [0, 0.1) is 11.3 Å². The average Bonchev–Trinajstić information content (AvgIpc) is 3.37. The molecule has 1 aromatic carbocycles. The molecule has 0 saturated carbocycles. The van der Waals surface area contributed by atoms with Crippen molar-refractivity contribution in [3.8, 4) is 17.3 Å². The summed E-state index contributed by atoms with van der Waals surface area (Å²) < 4.78 is 7.41. The van der Waals surface area contributed by atoms with Crippen molar-refractivity contribution >= 4 is 11.6 Å². The second-order valence-electron chi connectivity index (χ2n) is 8.39. The molecule has 8 nitrogen and oxygen atoms in total. The summed E-state index contributed by atoms with van der Waals surface area (Å²) in [5, 5.41) is 12.4. The van der Waals surface area contributed by atoms with E-state index in [0.29, 0.717) is 5.56 Å². The number of ether oxygens (including phenoxy) is 1. The summed E-state index contributed by atoms with van der Waals surface area (Å²) in [7, 11) is 0. The first kappa shape index (κ1) is 22.0. The number of aryl methyl sites for hydroxylation is 1. The van der Waals surface area contributed by atoms with Crippen LogP contribution >= 0.6 is 0 Å². The zero-order valence-corrected chi connectivity index (χ0v) is 19.0. The van der Waals surface area contributed by atoms with Gasteiger partial charge in [-0.3, -0.25) is 14.3 Å². The van der Waals surface area contributed by atoms with Gasteiger partial charge in [0, 0.05) is 62.1 Å². The third-order valence-electron chi connectivity index (χ3n) is 6.00. The number of hydrogen-bond donors (Lipinski definition) is 1. The molecule has 5 rings (SSSR count). The van der Waals surface area contributed by atoms with Crippen LogP contribution in [-0.4, -0.2) is 57.1 Å². The predicted molar refractivity (Wildman–Crippen MR) is 130 cm³/mol. The lowest BCUT2D eigenvalue weighted by atomic mass is 10.1. The van der Waals surface area contributed by atoms with E-state index in [1.165, 1.54) is 5.56 Å². The average molecular weight is 454 g/mol. The van der Waals surface area contributed by atoms with Gasteiger partial charge in [-0.2, -0.15) is 5.26 Å². The van der Waals surface area contributed by atoms with Gasteiger partial charge in [-0.05, 0) is 30.5 Å². The number of aromatic nitrogens is 4. The molecule has 1 aliphatic rings. The number of nitriles is 1. The van der Waals surface area contributed by atoms with Gasteiger partial charge in [0.2, 0.25) is 5.95 Å². The topological polar surface area (TPSA) is 91.4 Å². The Kier molecular flexibility index (Phi) is 6.75. The van der Waals surface area contributed by atoms with Gasteiger partial charge in [-0.25, -0.2) is 9.97 Å². The number of nitrogens with one attached hydrogen (secondary N) is 1. The molecule has 0 atom stereocenters. The molecule has 0 aliphatic carbocycles. The van der Waals surface area contributed by atoms with Gasteiger partial charge < -0.3 is 10.1 Å². The molecular formula is C26H27N7O. The Hall–Kier alpha value is -3.80. The van der Waals surface area contributed by atoms with E-state index in [0.717, 1.165) is 80.8 Å². The van der Waals surface area contributed by atoms with E-state index in [1.807, 2.05) is 28.8 Å². The number of benzene rings is 1. The molecule has 0 amide bonds. The number of rotatable bonds is 8. The van der Waals surface area contributed by atoms with Crippen LogP contribution in [0.25, 0.3) is 16.9 Å². The van der Waals surface area contributed by atoms with Crippen molar-refractivity contribution in [3.05, 3.63) is 77.9 Å². The molecule has 34 heavy (non-hydrogen) atoms. The Bertz CT molecular complexity index is 1270. The second-order valence-corrected chi connectivity index (χ2v) is 8.39. The molecule has 1 fully saturated rings. The number of nitrogens with zero attached hydrogens (tertiary/aromatic N) is 6. The van der Waals surface area contributed by atoms with Crippen LogP contribution in [0.4, 0.5) is 5.95 Å². The largest absolute Gasteiger partial charge is 0.379 e. The van der Waals surface area contributed by atoms with Gasteiger partial charge in [0.05, 0.1) is 24.5 Å². The summed E-state index contributed by atoms with van der Waals surface area (Å²) in [6.07, 6.45) is 7.06. The van der Waals surface area contributed by atoms with Gasteiger partial charge in [-0.1, -0.05) is 24.3 Å². The minimum atomic E-state index is 0.583. The smallest absolute Gasteiger partial charge is 0.209 e. The molecule has 3 aromatic heterocycles. The summed E-state index contributed by atoms with van der Waals surface area (Å²) in [4.78, 5) is 16.1. The molecule has 0 bridgehead atoms. The highest BCUT2D eigenvalue weighted by Crippen LogP contribution is 2.22. The van der Waals surface area contributed by atoms with E-state index in [1.54, 1.807) is 12.4 Å². The first-order valence-corrected chi connectivity index (χ1v) is 11.6. The quantitative estimate of drug-likeness (QED) is 0.408. The van der Waals surface area contributed by atoms with Crippen molar-refractivity contribution in [2.45, 2.75) is 19.4 Å². The summed E-state index contributed by atoms with van der Waals surface area (Å²) in [6, 6.07) is 16.5. The molecule has 0 radical (unpaired) electrons. The van der Waals surface area contributed by atoms with Crippen LogP contribution < -0.4 is 5.32 Å². The maximum Gasteiger partial charge on any atom is 0.209 e. The normalized spacial score (nSPS) is 14.2. The highest BCUT2D eigenvalue weighted by atomic mass is 16.5. The van der Waals surface area contributed by atoms with Crippen LogP contribution in [0.5, 0.6) is 0 Å². The van der Waals surface area contributed by atoms with Crippen molar-refractivity contribution < 1.29 is 4.74 Å². The highest BCUT2D eigenvalue weighted by molar-refractivity contribution is 5.66. The van der Waals surface area contributed by atoms with Crippen LogP contribution in [0.3, 0.4) is 0 Å². The van der Waals surface area contributed by atoms with Crippen molar-refractivity contribution in [3.63, 3.8) is 0 Å². The summed E-state index contributed by atoms with van der Waals surface area (Å²) >= 11 is 0. The lowest BCUT2D eigenvalue weighted by molar-refractivity contribution is 0.0342. The minimum Gasteiger partial charge on any atom is -0.379 e. The maximum absolute atomic E-state index is 8.90. The van der Waals surface area contributed by atoms with Gasteiger partial charge in [-0.15, -0.1) is 0 Å². The Labute approximate surface area is 198 Å². The van der Waals surface area contributed by atoms with Gasteiger partial charge in [0.15, 0.2) is 0 Å². The molecule has 0 spiro atoms. The Morgan fingerprint density at radius 3 is 2.68 bits per heavy atom. The van der Waals surface area contributed by atoms with Crippen LogP contribution in [-0.2, 0) is 17.7 Å². The number of pyridine rings is 1. The monoisotopic (exact) mass is 453 g/mol. The summed E-state index contributed by atoms with van der Waals surface area (Å²) in [5.74, 6) is 0.773. The Morgan fingerprint density at radius 1 is 1.06 bits per heavy atom. The van der Waals surface area contributed by atoms with Gasteiger partial charge in [0.1, 0.15) is 11.7 Å². The third-order valence-corrected chi connectivity index (χ3v) is 6.00. The molecule has 4 heterocycles. The van der Waals surface area contributed by atoms with E-state index >= 15 is 0 Å². The molecule has 0 unspecified atom stereocenters. The van der Waals surface area contributed by atoms with Crippen LogP contribution in [0.1, 0.15) is 23.2 Å². The Balaban J connectivity index is 1.25. The highest BCUT2D eigenvalue weighted by Gasteiger charge is 2.12. The van der Waals surface area contributed by atoms with Crippen molar-refractivity contribution in [1.29, 1.82) is 5.26 Å². The van der Waals surface area contributed by atoms with E-state index in [2.05, 4.69) is 50.5 Å². The lowest BCUT2D eigenvalue weighted by Gasteiger charge is -2.26. The molecule has 172 valence electrons. The standard InChI is InChI=1S/C26H27N7O/c27-17-21-5-8-23(30-18-21)2-1-9-29-26-31-24(16-25-28-10-11-33(25)26)22-6-3-20(4-7-22)19-32-12-14-34-15-13-32/h3-8,10-11,16,18H,1-2,9,12-15,19H2,(H,29,31). The van der Waals surface area contributed by atoms with E-state index < -0.39 is 0 Å². The lowest BCUT2D eigenvalue weighted by Crippen LogP contribution is -2.35.